The van der Waals surface area contributed by atoms with Crippen molar-refractivity contribution < 1.29 is 4.74 Å². The van der Waals surface area contributed by atoms with Crippen LogP contribution in [0, 0.1) is 0 Å². The van der Waals surface area contributed by atoms with Gasteiger partial charge < -0.3 is 10.1 Å². The van der Waals surface area contributed by atoms with E-state index in [1.165, 1.54) is 6.42 Å². The third-order valence-electron chi connectivity index (χ3n) is 3.07. The van der Waals surface area contributed by atoms with Gasteiger partial charge in [0.1, 0.15) is 0 Å². The molecule has 0 spiro atoms. The van der Waals surface area contributed by atoms with Crippen molar-refractivity contribution in [2.45, 2.75) is 38.5 Å². The summed E-state index contributed by atoms with van der Waals surface area (Å²) in [5.74, 6) is 1.91. The van der Waals surface area contributed by atoms with E-state index in [1.54, 1.807) is 13.3 Å². The molecule has 0 aliphatic heterocycles. The molecule has 104 valence electrons. The molecular formula is C13H25N3OS. The van der Waals surface area contributed by atoms with Gasteiger partial charge in [-0.2, -0.15) is 16.9 Å². The molecule has 0 saturated heterocycles. The maximum atomic E-state index is 5.39. The average molecular weight is 271 g/mol. The molecule has 2 unspecified atom stereocenters. The van der Waals surface area contributed by atoms with Crippen LogP contribution in [0.3, 0.4) is 0 Å². The fraction of sp³-hybridized carbons (Fsp3) is 0.769. The highest BCUT2D eigenvalue weighted by Crippen LogP contribution is 2.28. The molecule has 0 fully saturated rings. The number of nitrogens with zero attached hydrogens (tertiary/aromatic N) is 2. The number of rotatable bonds is 8. The smallest absolute Gasteiger partial charge is 0.161 e. The van der Waals surface area contributed by atoms with Crippen LogP contribution in [0.25, 0.3) is 0 Å². The van der Waals surface area contributed by atoms with Gasteiger partial charge in [-0.25, -0.2) is 0 Å². The Morgan fingerprint density at radius 2 is 2.22 bits per heavy atom. The van der Waals surface area contributed by atoms with Crippen molar-refractivity contribution in [2.75, 3.05) is 19.4 Å². The molecule has 5 heteroatoms. The number of methoxy groups -OCH3 is 1. The van der Waals surface area contributed by atoms with Crippen LogP contribution in [0.5, 0.6) is 5.75 Å². The first-order chi connectivity index (χ1) is 8.63. The summed E-state index contributed by atoms with van der Waals surface area (Å²) in [5, 5.41) is 8.48. The van der Waals surface area contributed by atoms with E-state index in [0.717, 1.165) is 23.7 Å². The van der Waals surface area contributed by atoms with Crippen molar-refractivity contribution >= 4 is 11.8 Å². The van der Waals surface area contributed by atoms with Crippen molar-refractivity contribution in [3.8, 4) is 5.75 Å². The monoisotopic (exact) mass is 271 g/mol. The third-order valence-corrected chi connectivity index (χ3v) is 4.50. The minimum absolute atomic E-state index is 0.288. The van der Waals surface area contributed by atoms with Crippen molar-refractivity contribution in [2.24, 2.45) is 7.05 Å². The van der Waals surface area contributed by atoms with E-state index in [2.05, 4.69) is 31.2 Å². The maximum Gasteiger partial charge on any atom is 0.161 e. The van der Waals surface area contributed by atoms with Gasteiger partial charge in [0.2, 0.25) is 0 Å². The van der Waals surface area contributed by atoms with E-state index in [4.69, 9.17) is 4.74 Å². The summed E-state index contributed by atoms with van der Waals surface area (Å²) in [4.78, 5) is 0. The number of aromatic nitrogens is 2. The lowest BCUT2D eigenvalue weighted by Gasteiger charge is -2.20. The largest absolute Gasteiger partial charge is 0.493 e. The van der Waals surface area contributed by atoms with E-state index in [9.17, 15) is 0 Å². The number of nitrogens with one attached hydrogen (secondary N) is 1. The molecule has 0 aliphatic rings. The van der Waals surface area contributed by atoms with E-state index < -0.39 is 0 Å². The first kappa shape index (κ1) is 15.4. The molecular weight excluding hydrogens is 246 g/mol. The van der Waals surface area contributed by atoms with Crippen molar-refractivity contribution in [3.63, 3.8) is 0 Å². The van der Waals surface area contributed by atoms with Gasteiger partial charge in [0.15, 0.2) is 5.75 Å². The number of hydrogen-bond acceptors (Lipinski definition) is 4. The van der Waals surface area contributed by atoms with E-state index in [-0.39, 0.29) is 6.04 Å². The molecule has 2 atom stereocenters. The molecule has 0 saturated carbocycles. The average Bonchev–Trinajstić information content (AvgIpc) is 2.75. The van der Waals surface area contributed by atoms with Crippen molar-refractivity contribution in [1.82, 2.24) is 15.1 Å². The molecule has 0 amide bonds. The van der Waals surface area contributed by atoms with E-state index in [0.29, 0.717) is 5.25 Å². The second-order valence-electron chi connectivity index (χ2n) is 4.38. The summed E-state index contributed by atoms with van der Waals surface area (Å²) in [6.07, 6.45) is 2.99. The second kappa shape index (κ2) is 7.69. The van der Waals surface area contributed by atoms with Crippen LogP contribution < -0.4 is 10.1 Å². The minimum Gasteiger partial charge on any atom is -0.493 e. The maximum absolute atomic E-state index is 5.39. The van der Waals surface area contributed by atoms with Gasteiger partial charge in [-0.05, 0) is 13.0 Å². The Hall–Kier alpha value is -0.680. The highest BCUT2D eigenvalue weighted by atomic mass is 32.2. The van der Waals surface area contributed by atoms with Gasteiger partial charge in [0, 0.05) is 18.1 Å². The SMILES string of the molecule is CCNC(CSC(C)CC)c1c(OC)cnn1C. The topological polar surface area (TPSA) is 39.1 Å². The van der Waals surface area contributed by atoms with Crippen LogP contribution in [-0.4, -0.2) is 34.4 Å². The van der Waals surface area contributed by atoms with Gasteiger partial charge in [-0.1, -0.05) is 20.8 Å². The zero-order valence-corrected chi connectivity index (χ0v) is 12.9. The highest BCUT2D eigenvalue weighted by molar-refractivity contribution is 7.99. The van der Waals surface area contributed by atoms with Gasteiger partial charge in [-0.3, -0.25) is 4.68 Å². The summed E-state index contributed by atoms with van der Waals surface area (Å²) in [6.45, 7) is 7.57. The summed E-state index contributed by atoms with van der Waals surface area (Å²) < 4.78 is 7.30. The zero-order valence-electron chi connectivity index (χ0n) is 12.1. The van der Waals surface area contributed by atoms with Gasteiger partial charge >= 0.3 is 0 Å². The predicted molar refractivity (Wildman–Crippen MR) is 78.4 cm³/mol. The quantitative estimate of drug-likeness (QED) is 0.789. The minimum atomic E-state index is 0.288. The van der Waals surface area contributed by atoms with E-state index in [1.807, 2.05) is 23.5 Å². The van der Waals surface area contributed by atoms with Gasteiger partial charge in [-0.15, -0.1) is 0 Å². The predicted octanol–water partition coefficient (Wildman–Crippen LogP) is 2.61. The molecule has 18 heavy (non-hydrogen) atoms. The molecule has 0 aromatic carbocycles. The fourth-order valence-electron chi connectivity index (χ4n) is 1.84. The lowest BCUT2D eigenvalue weighted by Crippen LogP contribution is -2.26. The van der Waals surface area contributed by atoms with Crippen LogP contribution >= 0.6 is 11.8 Å². The summed E-state index contributed by atoms with van der Waals surface area (Å²) in [5.41, 5.74) is 1.13. The number of hydrogen-bond donors (Lipinski definition) is 1. The summed E-state index contributed by atoms with van der Waals surface area (Å²) in [7, 11) is 3.67. The molecule has 1 aromatic rings. The first-order valence-electron chi connectivity index (χ1n) is 6.54. The molecule has 0 radical (unpaired) electrons. The molecule has 0 bridgehead atoms. The Bertz CT molecular complexity index is 354. The molecule has 1 heterocycles. The lowest BCUT2D eigenvalue weighted by atomic mass is 10.2. The molecule has 0 aliphatic carbocycles. The van der Waals surface area contributed by atoms with Crippen LogP contribution in [-0.2, 0) is 7.05 Å². The summed E-state index contributed by atoms with van der Waals surface area (Å²) in [6, 6.07) is 0.288. The van der Waals surface area contributed by atoms with Crippen molar-refractivity contribution in [3.05, 3.63) is 11.9 Å². The van der Waals surface area contributed by atoms with Crippen LogP contribution in [0.1, 0.15) is 38.9 Å². The van der Waals surface area contributed by atoms with Crippen LogP contribution in [0.4, 0.5) is 0 Å². The van der Waals surface area contributed by atoms with Crippen molar-refractivity contribution in [1.29, 1.82) is 0 Å². The Balaban J connectivity index is 2.79. The molecule has 1 rings (SSSR count). The van der Waals surface area contributed by atoms with Gasteiger partial charge in [0.25, 0.3) is 0 Å². The highest BCUT2D eigenvalue weighted by Gasteiger charge is 2.20. The third kappa shape index (κ3) is 3.92. The number of aryl methyl sites for hydroxylation is 1. The van der Waals surface area contributed by atoms with E-state index >= 15 is 0 Å². The van der Waals surface area contributed by atoms with Gasteiger partial charge in [0.05, 0.1) is 25.0 Å². The Labute approximate surface area is 114 Å². The molecule has 1 aromatic heterocycles. The Morgan fingerprint density at radius 1 is 1.50 bits per heavy atom. The van der Waals surface area contributed by atoms with Crippen LogP contribution in [0.2, 0.25) is 0 Å². The number of ether oxygens (including phenoxy) is 1. The Morgan fingerprint density at radius 3 is 2.78 bits per heavy atom. The summed E-state index contributed by atoms with van der Waals surface area (Å²) >= 11 is 1.99. The second-order valence-corrected chi connectivity index (χ2v) is 5.86. The standard InChI is InChI=1S/C13H25N3OS/c1-6-10(3)18-9-11(14-7-2)13-12(17-5)8-15-16(13)4/h8,10-11,14H,6-7,9H2,1-5H3. The fourth-order valence-corrected chi connectivity index (χ4v) is 2.87. The normalized spacial score (nSPS) is 14.5. The zero-order chi connectivity index (χ0) is 13.5. The molecule has 1 N–H and O–H groups in total. The lowest BCUT2D eigenvalue weighted by molar-refractivity contribution is 0.399. The number of thioether (sulfide) groups is 1. The Kier molecular flexibility index (Phi) is 6.57. The molecule has 4 nitrogen and oxygen atoms in total. The van der Waals surface area contributed by atoms with Crippen LogP contribution in [0.15, 0.2) is 6.20 Å². The first-order valence-corrected chi connectivity index (χ1v) is 7.59.